The second-order valence-electron chi connectivity index (χ2n) is 7.33. The normalized spacial score (nSPS) is 34.9. The zero-order valence-electron chi connectivity index (χ0n) is 17.6. The van der Waals surface area contributed by atoms with Gasteiger partial charge in [0.15, 0.2) is 5.79 Å². The van der Waals surface area contributed by atoms with E-state index >= 15 is 0 Å². The van der Waals surface area contributed by atoms with Crippen molar-refractivity contribution in [2.75, 3.05) is 26.7 Å². The fourth-order valence-electron chi connectivity index (χ4n) is 4.01. The lowest BCUT2D eigenvalue weighted by molar-refractivity contribution is -0.922. The van der Waals surface area contributed by atoms with Crippen molar-refractivity contribution >= 4 is 0 Å². The second kappa shape index (κ2) is 6.91. The Bertz CT molecular complexity index is 783. The van der Waals surface area contributed by atoms with E-state index in [0.29, 0.717) is 32.7 Å². The van der Waals surface area contributed by atoms with Gasteiger partial charge in [0, 0.05) is 18.4 Å². The van der Waals surface area contributed by atoms with E-state index in [1.165, 1.54) is 0 Å². The van der Waals surface area contributed by atoms with Gasteiger partial charge in [-0.15, -0.1) is 0 Å². The summed E-state index contributed by atoms with van der Waals surface area (Å²) in [5, 5.41) is 0. The molecule has 25 heavy (non-hydrogen) atoms. The number of hydrogen-bond acceptors (Lipinski definition) is 2. The van der Waals surface area contributed by atoms with Gasteiger partial charge in [-0.1, -0.05) is 60.7 Å². The van der Waals surface area contributed by atoms with Gasteiger partial charge in [-0.25, -0.2) is 0 Å². The molecule has 0 aliphatic carbocycles. The third-order valence-electron chi connectivity index (χ3n) is 5.42. The average molecular weight is 341 g/mol. The maximum Gasteiger partial charge on any atom is 0.174 e. The topological polar surface area (TPSA) is 18.5 Å². The summed E-state index contributed by atoms with van der Waals surface area (Å²) in [6, 6.07) is 20.1. The molecule has 4 rings (SSSR count). The van der Waals surface area contributed by atoms with Gasteiger partial charge in [0.25, 0.3) is 0 Å². The summed E-state index contributed by atoms with van der Waals surface area (Å²) in [5.41, 5.74) is 2.18. The molecule has 2 aromatic carbocycles. The van der Waals surface area contributed by atoms with Crippen LogP contribution in [0.4, 0.5) is 0 Å². The molecule has 2 heterocycles. The number of rotatable bonds is 3. The van der Waals surface area contributed by atoms with Gasteiger partial charge in [0.2, 0.25) is 0 Å². The quantitative estimate of drug-likeness (QED) is 0.775. The summed E-state index contributed by atoms with van der Waals surface area (Å²) in [7, 11) is 0. The smallest absolute Gasteiger partial charge is 0.174 e. The van der Waals surface area contributed by atoms with Gasteiger partial charge in [-0.2, -0.15) is 0 Å². The molecule has 0 aromatic heterocycles. The van der Waals surface area contributed by atoms with Crippen LogP contribution in [0.25, 0.3) is 0 Å². The Kier molecular flexibility index (Phi) is 3.73. The number of likely N-dealkylation sites (tertiary alicyclic amines) is 1. The van der Waals surface area contributed by atoms with E-state index in [9.17, 15) is 0 Å². The van der Waals surface area contributed by atoms with Gasteiger partial charge in [0.1, 0.15) is 12.6 Å². The van der Waals surface area contributed by atoms with Crippen molar-refractivity contribution in [2.24, 2.45) is 0 Å². The summed E-state index contributed by atoms with van der Waals surface area (Å²) in [6.45, 7) is 0.0909. The Morgan fingerprint density at radius 2 is 1.80 bits per heavy atom. The molecule has 132 valence electrons. The van der Waals surface area contributed by atoms with E-state index in [1.54, 1.807) is 0 Å². The Hall–Kier alpha value is -1.68. The van der Waals surface area contributed by atoms with Crippen LogP contribution in [-0.4, -0.2) is 36.9 Å². The first-order valence-corrected chi connectivity index (χ1v) is 9.18. The molecule has 2 aliphatic rings. The Morgan fingerprint density at radius 3 is 2.56 bits per heavy atom. The van der Waals surface area contributed by atoms with Crippen molar-refractivity contribution in [2.45, 2.75) is 37.7 Å². The minimum atomic E-state index is -2.07. The molecule has 3 heteroatoms. The van der Waals surface area contributed by atoms with E-state index in [2.05, 4.69) is 12.1 Å². The van der Waals surface area contributed by atoms with Crippen LogP contribution in [0.5, 0.6) is 0 Å². The Morgan fingerprint density at radius 1 is 1.04 bits per heavy atom. The molecule has 0 bridgehead atoms. The second-order valence-corrected chi connectivity index (χ2v) is 7.33. The molecule has 1 spiro atoms. The van der Waals surface area contributed by atoms with E-state index in [0.717, 1.165) is 24.0 Å². The Balaban J connectivity index is 1.53. The number of hydrogen-bond donors (Lipinski definition) is 0. The summed E-state index contributed by atoms with van der Waals surface area (Å²) < 4.78 is 37.5. The lowest BCUT2D eigenvalue weighted by atomic mass is 10.1. The lowest BCUT2D eigenvalue weighted by Gasteiger charge is -2.34. The molecule has 2 aliphatic heterocycles. The van der Waals surface area contributed by atoms with Gasteiger partial charge >= 0.3 is 0 Å². The van der Waals surface area contributed by atoms with Crippen LogP contribution in [0.2, 0.25) is 0 Å². The fourth-order valence-corrected chi connectivity index (χ4v) is 4.01. The predicted molar refractivity (Wildman–Crippen MR) is 98.9 cm³/mol. The average Bonchev–Trinajstić information content (AvgIpc) is 3.02. The molecule has 3 atom stereocenters. The van der Waals surface area contributed by atoms with Crippen LogP contribution in [0.3, 0.4) is 0 Å². The molecule has 0 N–H and O–H groups in total. The van der Waals surface area contributed by atoms with Gasteiger partial charge in [-0.3, -0.25) is 0 Å². The minimum Gasteiger partial charge on any atom is -0.347 e. The maximum atomic E-state index is 8.28. The van der Waals surface area contributed by atoms with Crippen LogP contribution in [0.1, 0.15) is 40.6 Å². The minimum absolute atomic E-state index is 0.0805. The maximum absolute atomic E-state index is 8.28. The molecule has 2 aromatic rings. The molecular weight excluding hydrogens is 310 g/mol. The summed E-state index contributed by atoms with van der Waals surface area (Å²) in [5.74, 6) is -0.664. The number of benzene rings is 2. The SMILES string of the molecule is [2H]C([2H])([2H])[N+]1(Cc2ccccc2)CCCC2(CC1)OCC(c1ccccc1)O2. The first kappa shape index (κ1) is 13.5. The molecule has 3 nitrogen and oxygen atoms in total. The van der Waals surface area contributed by atoms with Crippen molar-refractivity contribution in [1.29, 1.82) is 0 Å². The molecule has 2 saturated heterocycles. The summed E-state index contributed by atoms with van der Waals surface area (Å²) >= 11 is 0. The zero-order chi connectivity index (χ0) is 19.7. The predicted octanol–water partition coefficient (Wildman–Crippen LogP) is 4.30. The van der Waals surface area contributed by atoms with Gasteiger partial charge in [-0.05, 0) is 5.56 Å². The van der Waals surface area contributed by atoms with E-state index in [1.807, 2.05) is 48.5 Å². The number of quaternary nitrogens is 1. The van der Waals surface area contributed by atoms with Crippen molar-refractivity contribution in [3.05, 3.63) is 71.8 Å². The number of ether oxygens (including phenoxy) is 2. The van der Waals surface area contributed by atoms with Crippen molar-refractivity contribution in [3.63, 3.8) is 0 Å². The third-order valence-corrected chi connectivity index (χ3v) is 5.42. The van der Waals surface area contributed by atoms with Crippen molar-refractivity contribution < 1.29 is 18.1 Å². The lowest BCUT2D eigenvalue weighted by Crippen LogP contribution is -2.45. The van der Waals surface area contributed by atoms with Crippen LogP contribution in [0, 0.1) is 0 Å². The van der Waals surface area contributed by atoms with Crippen LogP contribution >= 0.6 is 0 Å². The van der Waals surface area contributed by atoms with Crippen LogP contribution in [-0.2, 0) is 16.0 Å². The highest BCUT2D eigenvalue weighted by molar-refractivity contribution is 5.18. The van der Waals surface area contributed by atoms with E-state index in [-0.39, 0.29) is 10.6 Å². The molecule has 0 amide bonds. The summed E-state index contributed by atoms with van der Waals surface area (Å²) in [6.07, 6.45) is 2.03. The molecule has 0 saturated carbocycles. The fraction of sp³-hybridized carbons (Fsp3) is 0.455. The first-order valence-electron chi connectivity index (χ1n) is 10.7. The standard InChI is InChI=1S/C22H28NO2/c1-23(17-19-9-4-2-5-10-19)15-8-13-22(14-16-23)24-18-21(25-22)20-11-6-3-7-12-20/h2-7,9-12,21H,8,13-18H2,1H3/q+1/i1D3. The van der Waals surface area contributed by atoms with Crippen LogP contribution in [0.15, 0.2) is 60.7 Å². The zero-order valence-corrected chi connectivity index (χ0v) is 14.6. The highest BCUT2D eigenvalue weighted by Crippen LogP contribution is 2.41. The van der Waals surface area contributed by atoms with Crippen molar-refractivity contribution in [3.8, 4) is 0 Å². The van der Waals surface area contributed by atoms with Gasteiger partial charge in [0.05, 0.1) is 37.2 Å². The van der Waals surface area contributed by atoms with Crippen LogP contribution < -0.4 is 0 Å². The van der Waals surface area contributed by atoms with E-state index < -0.39 is 12.8 Å². The highest BCUT2D eigenvalue weighted by atomic mass is 16.7. The Labute approximate surface area is 155 Å². The summed E-state index contributed by atoms with van der Waals surface area (Å²) in [4.78, 5) is 0. The first-order chi connectivity index (χ1) is 13.4. The van der Waals surface area contributed by atoms with Gasteiger partial charge < -0.3 is 14.0 Å². The molecule has 0 radical (unpaired) electrons. The highest BCUT2D eigenvalue weighted by Gasteiger charge is 2.45. The van der Waals surface area contributed by atoms with Crippen molar-refractivity contribution in [1.82, 2.24) is 0 Å². The van der Waals surface area contributed by atoms with E-state index in [4.69, 9.17) is 13.6 Å². The largest absolute Gasteiger partial charge is 0.347 e. The molecular formula is C22H28NO2+. The third kappa shape index (κ3) is 3.79. The monoisotopic (exact) mass is 341 g/mol. The molecule has 3 unspecified atom stereocenters. The number of nitrogens with zero attached hydrogens (tertiary/aromatic N) is 1. The molecule has 2 fully saturated rings.